The highest BCUT2D eigenvalue weighted by atomic mass is 32.2. The molecule has 146 valence electrons. The van der Waals surface area contributed by atoms with Gasteiger partial charge in [0.05, 0.1) is 16.0 Å². The van der Waals surface area contributed by atoms with E-state index in [9.17, 15) is 13.2 Å². The van der Waals surface area contributed by atoms with E-state index in [2.05, 4.69) is 17.1 Å². The summed E-state index contributed by atoms with van der Waals surface area (Å²) in [4.78, 5) is 12.4. The highest BCUT2D eigenvalue weighted by Crippen LogP contribution is 2.30. The van der Waals surface area contributed by atoms with Gasteiger partial charge in [-0.3, -0.25) is 4.79 Å². The first kappa shape index (κ1) is 18.8. The van der Waals surface area contributed by atoms with Crippen LogP contribution in [0.5, 0.6) is 0 Å². The smallest absolute Gasteiger partial charge is 0.267 e. The molecule has 0 atom stereocenters. The Hall–Kier alpha value is -2.51. The number of sulfonamides is 1. The van der Waals surface area contributed by atoms with Crippen molar-refractivity contribution in [3.63, 3.8) is 0 Å². The second-order valence-corrected chi connectivity index (χ2v) is 9.42. The number of rotatable bonds is 3. The maximum Gasteiger partial charge on any atom is 0.272 e. The number of fused-ring (bicyclic) bond motifs is 1. The fraction of sp³-hybridized carbons (Fsp3) is 0.333. The molecule has 1 aromatic heterocycles. The molecule has 6 nitrogen and oxygen atoms in total. The first-order valence-electron chi connectivity index (χ1n) is 9.46. The monoisotopic (exact) mass is 397 g/mol. The van der Waals surface area contributed by atoms with Crippen LogP contribution in [-0.4, -0.2) is 36.0 Å². The fourth-order valence-corrected chi connectivity index (χ4v) is 5.44. The Balaban J connectivity index is 1.83. The quantitative estimate of drug-likeness (QED) is 0.735. The SMILES string of the molecule is Cc1ccc(-c2n[nH]c(=O)c3ccccc23)cc1S(=O)(=O)N1CCC(C)CC1. The van der Waals surface area contributed by atoms with Crippen LogP contribution in [0.2, 0.25) is 0 Å². The minimum absolute atomic E-state index is 0.262. The van der Waals surface area contributed by atoms with Gasteiger partial charge in [-0.25, -0.2) is 13.5 Å². The van der Waals surface area contributed by atoms with Crippen molar-refractivity contribution in [3.05, 3.63) is 58.4 Å². The van der Waals surface area contributed by atoms with Gasteiger partial charge in [0, 0.05) is 24.0 Å². The molecule has 0 saturated carbocycles. The molecule has 28 heavy (non-hydrogen) atoms. The summed E-state index contributed by atoms with van der Waals surface area (Å²) in [7, 11) is -3.57. The van der Waals surface area contributed by atoms with Gasteiger partial charge in [-0.1, -0.05) is 37.3 Å². The van der Waals surface area contributed by atoms with E-state index in [1.54, 1.807) is 28.6 Å². The van der Waals surface area contributed by atoms with E-state index in [-0.39, 0.29) is 5.56 Å². The molecule has 4 rings (SSSR count). The number of H-pyrrole nitrogens is 1. The van der Waals surface area contributed by atoms with Crippen molar-refractivity contribution in [1.29, 1.82) is 0 Å². The number of aryl methyl sites for hydroxylation is 1. The zero-order valence-corrected chi connectivity index (χ0v) is 16.8. The maximum absolute atomic E-state index is 13.3. The summed E-state index contributed by atoms with van der Waals surface area (Å²) in [5.41, 5.74) is 1.68. The highest BCUT2D eigenvalue weighted by molar-refractivity contribution is 7.89. The molecule has 0 unspecified atom stereocenters. The molecular weight excluding hydrogens is 374 g/mol. The topological polar surface area (TPSA) is 83.1 Å². The van der Waals surface area contributed by atoms with Crippen molar-refractivity contribution in [1.82, 2.24) is 14.5 Å². The third-order valence-electron chi connectivity index (χ3n) is 5.52. The average Bonchev–Trinajstić information content (AvgIpc) is 2.69. The summed E-state index contributed by atoms with van der Waals surface area (Å²) < 4.78 is 28.1. The molecule has 0 radical (unpaired) electrons. The van der Waals surface area contributed by atoms with Crippen molar-refractivity contribution in [2.45, 2.75) is 31.6 Å². The van der Waals surface area contributed by atoms with Gasteiger partial charge in [0.15, 0.2) is 0 Å². The first-order valence-corrected chi connectivity index (χ1v) is 10.9. The maximum atomic E-state index is 13.3. The average molecular weight is 398 g/mol. The molecule has 3 aromatic rings. The Kier molecular flexibility index (Phi) is 4.81. The Bertz CT molecular complexity index is 1190. The third-order valence-corrected chi connectivity index (χ3v) is 7.56. The van der Waals surface area contributed by atoms with E-state index >= 15 is 0 Å². The van der Waals surface area contributed by atoms with Crippen LogP contribution >= 0.6 is 0 Å². The van der Waals surface area contributed by atoms with E-state index < -0.39 is 10.0 Å². The molecule has 0 bridgehead atoms. The van der Waals surface area contributed by atoms with Crippen LogP contribution in [0.15, 0.2) is 52.2 Å². The zero-order valence-electron chi connectivity index (χ0n) is 16.0. The summed E-state index contributed by atoms with van der Waals surface area (Å²) in [5.74, 6) is 0.551. The molecule has 1 aliphatic rings. The van der Waals surface area contributed by atoms with Gasteiger partial charge in [-0.15, -0.1) is 0 Å². The minimum atomic E-state index is -3.57. The van der Waals surface area contributed by atoms with Crippen LogP contribution in [0.1, 0.15) is 25.3 Å². The standard InChI is InChI=1S/C21H23N3O3S/c1-14-9-11-24(12-10-14)28(26,27)19-13-16(8-7-15(19)2)20-17-5-3-4-6-18(17)21(25)23-22-20/h3-8,13-14H,9-12H2,1-2H3,(H,23,25). The first-order chi connectivity index (χ1) is 13.4. The van der Waals surface area contributed by atoms with E-state index in [4.69, 9.17) is 0 Å². The number of benzene rings is 2. The molecule has 0 spiro atoms. The normalized spacial score (nSPS) is 16.5. The number of hydrogen-bond donors (Lipinski definition) is 1. The summed E-state index contributed by atoms with van der Waals surface area (Å²) in [6, 6.07) is 12.5. The van der Waals surface area contributed by atoms with Crippen molar-refractivity contribution in [2.75, 3.05) is 13.1 Å². The summed E-state index contributed by atoms with van der Waals surface area (Å²) in [6.07, 6.45) is 1.76. The predicted octanol–water partition coefficient (Wildman–Crippen LogP) is 3.32. The molecule has 1 saturated heterocycles. The van der Waals surface area contributed by atoms with E-state index in [1.807, 2.05) is 25.1 Å². The number of aromatic nitrogens is 2. The van der Waals surface area contributed by atoms with E-state index in [1.165, 1.54) is 0 Å². The van der Waals surface area contributed by atoms with Crippen LogP contribution in [0.25, 0.3) is 22.0 Å². The second kappa shape index (κ2) is 7.14. The summed E-state index contributed by atoms with van der Waals surface area (Å²) >= 11 is 0. The summed E-state index contributed by atoms with van der Waals surface area (Å²) in [6.45, 7) is 5.06. The Labute approximate surface area is 164 Å². The van der Waals surface area contributed by atoms with E-state index in [0.717, 1.165) is 12.8 Å². The Morgan fingerprint density at radius 1 is 1.07 bits per heavy atom. The summed E-state index contributed by atoms with van der Waals surface area (Å²) in [5, 5.41) is 7.95. The van der Waals surface area contributed by atoms with Gasteiger partial charge in [-0.05, 0) is 43.4 Å². The van der Waals surface area contributed by atoms with Gasteiger partial charge in [0.1, 0.15) is 0 Å². The highest BCUT2D eigenvalue weighted by Gasteiger charge is 2.29. The zero-order chi connectivity index (χ0) is 19.9. The number of piperidine rings is 1. The molecule has 1 aliphatic heterocycles. The number of nitrogens with one attached hydrogen (secondary N) is 1. The molecule has 1 N–H and O–H groups in total. The molecule has 0 aliphatic carbocycles. The third kappa shape index (κ3) is 3.25. The van der Waals surface area contributed by atoms with Crippen molar-refractivity contribution < 1.29 is 8.42 Å². The number of hydrogen-bond acceptors (Lipinski definition) is 4. The van der Waals surface area contributed by atoms with Crippen molar-refractivity contribution in [3.8, 4) is 11.3 Å². The Morgan fingerprint density at radius 3 is 2.46 bits per heavy atom. The fourth-order valence-electron chi connectivity index (χ4n) is 3.72. The predicted molar refractivity (Wildman–Crippen MR) is 110 cm³/mol. The van der Waals surface area contributed by atoms with E-state index in [0.29, 0.717) is 51.5 Å². The lowest BCUT2D eigenvalue weighted by molar-refractivity contribution is 0.288. The molecule has 1 fully saturated rings. The minimum Gasteiger partial charge on any atom is -0.267 e. The molecule has 2 heterocycles. The van der Waals surface area contributed by atoms with Crippen LogP contribution in [0.3, 0.4) is 0 Å². The largest absolute Gasteiger partial charge is 0.272 e. The lowest BCUT2D eigenvalue weighted by Gasteiger charge is -2.30. The molecule has 2 aromatic carbocycles. The van der Waals surface area contributed by atoms with Crippen LogP contribution in [0.4, 0.5) is 0 Å². The Morgan fingerprint density at radius 2 is 1.75 bits per heavy atom. The van der Waals surface area contributed by atoms with Crippen LogP contribution in [0, 0.1) is 12.8 Å². The number of nitrogens with zero attached hydrogens (tertiary/aromatic N) is 2. The van der Waals surface area contributed by atoms with Gasteiger partial charge >= 0.3 is 0 Å². The van der Waals surface area contributed by atoms with Gasteiger partial charge in [0.25, 0.3) is 5.56 Å². The van der Waals surface area contributed by atoms with Crippen molar-refractivity contribution in [2.24, 2.45) is 5.92 Å². The van der Waals surface area contributed by atoms with Crippen LogP contribution in [-0.2, 0) is 10.0 Å². The van der Waals surface area contributed by atoms with Crippen LogP contribution < -0.4 is 5.56 Å². The second-order valence-electron chi connectivity index (χ2n) is 7.51. The molecule has 0 amide bonds. The lowest BCUT2D eigenvalue weighted by Crippen LogP contribution is -2.38. The molecule has 7 heteroatoms. The van der Waals surface area contributed by atoms with Gasteiger partial charge in [-0.2, -0.15) is 9.40 Å². The lowest BCUT2D eigenvalue weighted by atomic mass is 10.0. The van der Waals surface area contributed by atoms with Gasteiger partial charge < -0.3 is 0 Å². The van der Waals surface area contributed by atoms with Gasteiger partial charge in [0.2, 0.25) is 10.0 Å². The molecular formula is C21H23N3O3S. The number of aromatic amines is 1. The van der Waals surface area contributed by atoms with Crippen molar-refractivity contribution >= 4 is 20.8 Å².